The van der Waals surface area contributed by atoms with Crippen molar-refractivity contribution in [2.75, 3.05) is 5.32 Å². The molecule has 0 atom stereocenters. The topological polar surface area (TPSA) is 37.8 Å². The van der Waals surface area contributed by atoms with Gasteiger partial charge in [-0.15, -0.1) is 11.6 Å². The van der Waals surface area contributed by atoms with Crippen LogP contribution in [0.4, 0.5) is 11.5 Å². The van der Waals surface area contributed by atoms with Gasteiger partial charge in [0.05, 0.1) is 0 Å². The van der Waals surface area contributed by atoms with Gasteiger partial charge in [0, 0.05) is 23.3 Å². The maximum atomic E-state index is 5.91. The van der Waals surface area contributed by atoms with Crippen LogP contribution in [0.5, 0.6) is 0 Å². The summed E-state index contributed by atoms with van der Waals surface area (Å²) in [4.78, 5) is 8.46. The predicted molar refractivity (Wildman–Crippen MR) is 75.3 cm³/mol. The third-order valence-electron chi connectivity index (χ3n) is 2.65. The van der Waals surface area contributed by atoms with Gasteiger partial charge < -0.3 is 5.32 Å². The molecule has 0 radical (unpaired) electrons. The van der Waals surface area contributed by atoms with Crippen LogP contribution in [0.3, 0.4) is 0 Å². The van der Waals surface area contributed by atoms with Crippen molar-refractivity contribution < 1.29 is 0 Å². The summed E-state index contributed by atoms with van der Waals surface area (Å²) in [5.41, 5.74) is 3.11. The van der Waals surface area contributed by atoms with E-state index in [1.807, 2.05) is 30.3 Å². The summed E-state index contributed by atoms with van der Waals surface area (Å²) in [6, 6.07) is 9.94. The maximum absolute atomic E-state index is 5.91. The average molecular weight is 262 g/mol. The fraction of sp³-hybridized carbons (Fsp3) is 0.286. The lowest BCUT2D eigenvalue weighted by Gasteiger charge is -2.10. The Morgan fingerprint density at radius 3 is 2.83 bits per heavy atom. The lowest BCUT2D eigenvalue weighted by atomic mass is 10.2. The van der Waals surface area contributed by atoms with Gasteiger partial charge in [-0.1, -0.05) is 31.5 Å². The summed E-state index contributed by atoms with van der Waals surface area (Å²) >= 11 is 5.91. The quantitative estimate of drug-likeness (QED) is 0.829. The van der Waals surface area contributed by atoms with Gasteiger partial charge in [0.2, 0.25) is 0 Å². The van der Waals surface area contributed by atoms with E-state index in [1.165, 1.54) is 0 Å². The van der Waals surface area contributed by atoms with Crippen LogP contribution in [0.25, 0.3) is 0 Å². The first-order chi connectivity index (χ1) is 8.83. The summed E-state index contributed by atoms with van der Waals surface area (Å²) in [6.45, 7) is 2.14. The average Bonchev–Trinajstić information content (AvgIpc) is 2.40. The Bertz CT molecular complexity index is 514. The van der Waals surface area contributed by atoms with Crippen molar-refractivity contribution in [2.24, 2.45) is 0 Å². The zero-order valence-corrected chi connectivity index (χ0v) is 11.1. The largest absolute Gasteiger partial charge is 0.340 e. The lowest BCUT2D eigenvalue weighted by molar-refractivity contribution is 0.873. The highest BCUT2D eigenvalue weighted by molar-refractivity contribution is 6.17. The van der Waals surface area contributed by atoms with Gasteiger partial charge in [0.1, 0.15) is 12.1 Å². The predicted octanol–water partition coefficient (Wildman–Crippen LogP) is 3.91. The summed E-state index contributed by atoms with van der Waals surface area (Å²) in [6.07, 6.45) is 3.64. The zero-order valence-electron chi connectivity index (χ0n) is 10.4. The second-order valence-corrected chi connectivity index (χ2v) is 4.33. The van der Waals surface area contributed by atoms with E-state index in [1.54, 1.807) is 6.33 Å². The smallest absolute Gasteiger partial charge is 0.133 e. The molecule has 1 N–H and O–H groups in total. The van der Waals surface area contributed by atoms with E-state index in [4.69, 9.17) is 11.6 Å². The number of hydrogen-bond acceptors (Lipinski definition) is 3. The molecule has 1 aromatic carbocycles. The number of para-hydroxylation sites is 1. The van der Waals surface area contributed by atoms with Gasteiger partial charge in [-0.05, 0) is 18.1 Å². The molecule has 0 bridgehead atoms. The number of nitrogens with zero attached hydrogens (tertiary/aromatic N) is 2. The summed E-state index contributed by atoms with van der Waals surface area (Å²) in [5.74, 6) is 1.29. The van der Waals surface area contributed by atoms with Gasteiger partial charge in [-0.2, -0.15) is 0 Å². The molecule has 4 heteroatoms. The van der Waals surface area contributed by atoms with Crippen molar-refractivity contribution in [1.29, 1.82) is 0 Å². The maximum Gasteiger partial charge on any atom is 0.133 e. The molecule has 0 spiro atoms. The Hall–Kier alpha value is -1.61. The Balaban J connectivity index is 2.20. The summed E-state index contributed by atoms with van der Waals surface area (Å²) in [5, 5.41) is 3.29. The molecular weight excluding hydrogens is 246 g/mol. The van der Waals surface area contributed by atoms with E-state index < -0.39 is 0 Å². The SMILES string of the molecule is CCCc1cc(Nc2ccccc2CCl)ncn1. The third-order valence-corrected chi connectivity index (χ3v) is 2.94. The van der Waals surface area contributed by atoms with Crippen molar-refractivity contribution in [3.63, 3.8) is 0 Å². The van der Waals surface area contributed by atoms with E-state index in [9.17, 15) is 0 Å². The first-order valence-corrected chi connectivity index (χ1v) is 6.58. The highest BCUT2D eigenvalue weighted by Crippen LogP contribution is 2.21. The minimum atomic E-state index is 0.482. The molecule has 2 rings (SSSR count). The van der Waals surface area contributed by atoms with E-state index in [-0.39, 0.29) is 0 Å². The Kier molecular flexibility index (Phi) is 4.53. The van der Waals surface area contributed by atoms with Gasteiger partial charge in [-0.25, -0.2) is 9.97 Å². The molecular formula is C14H16ClN3. The summed E-state index contributed by atoms with van der Waals surface area (Å²) in [7, 11) is 0. The standard InChI is InChI=1S/C14H16ClN3/c1-2-5-12-8-14(17-10-16-12)18-13-7-4-3-6-11(13)9-15/h3-4,6-8,10H,2,5,9H2,1H3,(H,16,17,18). The third kappa shape index (κ3) is 3.20. The molecule has 3 nitrogen and oxygen atoms in total. The first kappa shape index (κ1) is 12.8. The van der Waals surface area contributed by atoms with Crippen LogP contribution in [-0.2, 0) is 12.3 Å². The van der Waals surface area contributed by atoms with E-state index >= 15 is 0 Å². The van der Waals surface area contributed by atoms with Gasteiger partial charge in [0.25, 0.3) is 0 Å². The molecule has 1 aromatic heterocycles. The van der Waals surface area contributed by atoms with E-state index in [0.29, 0.717) is 5.88 Å². The number of hydrogen-bond donors (Lipinski definition) is 1. The van der Waals surface area contributed by atoms with Gasteiger partial charge in [-0.3, -0.25) is 0 Å². The highest BCUT2D eigenvalue weighted by Gasteiger charge is 2.03. The van der Waals surface area contributed by atoms with Gasteiger partial charge in [0.15, 0.2) is 0 Å². The first-order valence-electron chi connectivity index (χ1n) is 6.05. The van der Waals surface area contributed by atoms with Crippen molar-refractivity contribution >= 4 is 23.1 Å². The second kappa shape index (κ2) is 6.36. The minimum absolute atomic E-state index is 0.482. The molecule has 2 aromatic rings. The molecule has 0 aliphatic carbocycles. The number of anilines is 2. The Morgan fingerprint density at radius 1 is 1.22 bits per heavy atom. The van der Waals surface area contributed by atoms with Crippen LogP contribution in [0.1, 0.15) is 24.6 Å². The van der Waals surface area contributed by atoms with Crippen LogP contribution >= 0.6 is 11.6 Å². The van der Waals surface area contributed by atoms with Crippen molar-refractivity contribution in [3.8, 4) is 0 Å². The molecule has 0 saturated carbocycles. The molecule has 1 heterocycles. The molecule has 0 aliphatic rings. The second-order valence-electron chi connectivity index (χ2n) is 4.06. The molecule has 0 unspecified atom stereocenters. The minimum Gasteiger partial charge on any atom is -0.340 e. The fourth-order valence-corrected chi connectivity index (χ4v) is 1.99. The van der Waals surface area contributed by atoms with Crippen LogP contribution in [0, 0.1) is 0 Å². The number of rotatable bonds is 5. The molecule has 0 amide bonds. The number of nitrogens with one attached hydrogen (secondary N) is 1. The number of halogens is 1. The van der Waals surface area contributed by atoms with Crippen LogP contribution in [0.2, 0.25) is 0 Å². The fourth-order valence-electron chi connectivity index (χ4n) is 1.76. The molecule has 18 heavy (non-hydrogen) atoms. The van der Waals surface area contributed by atoms with E-state index in [0.717, 1.165) is 35.6 Å². The molecule has 0 fully saturated rings. The zero-order chi connectivity index (χ0) is 12.8. The lowest BCUT2D eigenvalue weighted by Crippen LogP contribution is -1.99. The van der Waals surface area contributed by atoms with Crippen molar-refractivity contribution in [2.45, 2.75) is 25.6 Å². The molecule has 94 valence electrons. The number of alkyl halides is 1. The Labute approximate surface area is 112 Å². The monoisotopic (exact) mass is 261 g/mol. The van der Waals surface area contributed by atoms with Crippen LogP contribution in [0.15, 0.2) is 36.7 Å². The number of benzene rings is 1. The van der Waals surface area contributed by atoms with Gasteiger partial charge >= 0.3 is 0 Å². The number of aromatic nitrogens is 2. The van der Waals surface area contributed by atoms with Crippen LogP contribution < -0.4 is 5.32 Å². The number of aryl methyl sites for hydroxylation is 1. The van der Waals surface area contributed by atoms with E-state index in [2.05, 4.69) is 22.2 Å². The van der Waals surface area contributed by atoms with Crippen molar-refractivity contribution in [3.05, 3.63) is 47.9 Å². The normalized spacial score (nSPS) is 10.3. The van der Waals surface area contributed by atoms with Crippen molar-refractivity contribution in [1.82, 2.24) is 9.97 Å². The molecule has 0 aliphatic heterocycles. The Morgan fingerprint density at radius 2 is 2.06 bits per heavy atom. The van der Waals surface area contributed by atoms with Crippen LogP contribution in [-0.4, -0.2) is 9.97 Å². The highest BCUT2D eigenvalue weighted by atomic mass is 35.5. The summed E-state index contributed by atoms with van der Waals surface area (Å²) < 4.78 is 0. The molecule has 0 saturated heterocycles.